The van der Waals surface area contributed by atoms with E-state index >= 15 is 0 Å². The van der Waals surface area contributed by atoms with Crippen molar-refractivity contribution in [2.75, 3.05) is 13.2 Å². The second kappa shape index (κ2) is 49.2. The molecule has 1 saturated heterocycles. The van der Waals surface area contributed by atoms with E-state index < -0.39 is 67.3 Å². The minimum absolute atomic E-state index is 0.0154. The zero-order valence-corrected chi connectivity index (χ0v) is 45.5. The molecule has 3 N–H and O–H groups in total. The molecule has 1 rings (SSSR count). The molecule has 0 spiro atoms. The van der Waals surface area contributed by atoms with Gasteiger partial charge in [0.25, 0.3) is 0 Å². The number of aliphatic hydroxyl groups is 2. The number of esters is 3. The first-order valence-corrected chi connectivity index (χ1v) is 27.5. The Morgan fingerprint density at radius 3 is 1.32 bits per heavy atom. The summed E-state index contributed by atoms with van der Waals surface area (Å²) < 4.78 is 28.1. The number of carbonyl (C=O) groups excluding carboxylic acids is 3. The molecule has 0 bridgehead atoms. The van der Waals surface area contributed by atoms with Crippen molar-refractivity contribution in [1.29, 1.82) is 0 Å². The van der Waals surface area contributed by atoms with Crippen LogP contribution in [0.15, 0.2) is 158 Å². The maximum Gasteiger partial charge on any atom is 0.335 e. The lowest BCUT2D eigenvalue weighted by atomic mass is 9.98. The summed E-state index contributed by atoms with van der Waals surface area (Å²) in [5.41, 5.74) is 0. The number of aliphatic carboxylic acids is 1. The lowest BCUT2D eigenvalue weighted by Crippen LogP contribution is -2.61. The van der Waals surface area contributed by atoms with Crippen molar-refractivity contribution < 1.29 is 58.2 Å². The van der Waals surface area contributed by atoms with Gasteiger partial charge in [-0.2, -0.15) is 0 Å². The average Bonchev–Trinajstić information content (AvgIpc) is 3.39. The molecule has 416 valence electrons. The predicted octanol–water partition coefficient (Wildman–Crippen LogP) is 13.8. The minimum atomic E-state index is -1.96. The molecular formula is C63H92O12. The molecule has 75 heavy (non-hydrogen) atoms. The number of hydrogen-bond donors (Lipinski definition) is 3. The highest BCUT2D eigenvalue weighted by Crippen LogP contribution is 2.26. The molecule has 1 aliphatic rings. The molecule has 12 nitrogen and oxygen atoms in total. The average molecular weight is 1040 g/mol. The Kier molecular flexibility index (Phi) is 44.2. The number of ether oxygens (including phenoxy) is 5. The first-order valence-electron chi connectivity index (χ1n) is 27.5. The molecule has 1 fully saturated rings. The zero-order chi connectivity index (χ0) is 54.7. The molecule has 1 aliphatic heterocycles. The van der Waals surface area contributed by atoms with E-state index in [9.17, 15) is 34.5 Å². The highest BCUT2D eigenvalue weighted by molar-refractivity contribution is 5.74. The predicted molar refractivity (Wildman–Crippen MR) is 302 cm³/mol. The third kappa shape index (κ3) is 39.4. The Morgan fingerprint density at radius 2 is 0.867 bits per heavy atom. The summed E-state index contributed by atoms with van der Waals surface area (Å²) in [5, 5.41) is 31.4. The Balaban J connectivity index is 2.83. The number of rotatable bonds is 43. The van der Waals surface area contributed by atoms with Crippen molar-refractivity contribution >= 4 is 23.9 Å². The summed E-state index contributed by atoms with van der Waals surface area (Å²) >= 11 is 0. The van der Waals surface area contributed by atoms with Gasteiger partial charge in [0.1, 0.15) is 18.8 Å². The largest absolute Gasteiger partial charge is 0.479 e. The lowest BCUT2D eigenvalue weighted by molar-refractivity contribution is -0.301. The Bertz CT molecular complexity index is 1910. The SMILES string of the molecule is CC/C=C\C/C=C\C/C=C\C/C=C\C/C=C\CC(=O)OC1C(OCC(COC(=O)CCCCCC/C=C\C/C=C\C/C=C\C/C=C\CC)OC(=O)CC/C=C\C/C=C\C/C=C\C/C=C\CC)OC(C(=O)O)C(O)C1O. The van der Waals surface area contributed by atoms with Crippen molar-refractivity contribution in [2.45, 2.75) is 199 Å². The first-order chi connectivity index (χ1) is 36.6. The zero-order valence-electron chi connectivity index (χ0n) is 45.5. The second-order valence-corrected chi connectivity index (χ2v) is 17.7. The lowest BCUT2D eigenvalue weighted by Gasteiger charge is -2.40. The minimum Gasteiger partial charge on any atom is -0.479 e. The maximum absolute atomic E-state index is 13.1. The van der Waals surface area contributed by atoms with Crippen LogP contribution in [-0.2, 0) is 42.9 Å². The molecule has 0 aliphatic carbocycles. The summed E-state index contributed by atoms with van der Waals surface area (Å²) in [5.74, 6) is -3.46. The fourth-order valence-electron chi connectivity index (χ4n) is 7.03. The number of carboxylic acids is 1. The van der Waals surface area contributed by atoms with E-state index in [2.05, 4.69) is 136 Å². The molecule has 0 saturated carbocycles. The van der Waals surface area contributed by atoms with Crippen LogP contribution >= 0.6 is 0 Å². The van der Waals surface area contributed by atoms with Gasteiger partial charge in [-0.25, -0.2) is 4.79 Å². The summed E-state index contributed by atoms with van der Waals surface area (Å²) in [6, 6.07) is 0. The molecular weight excluding hydrogens is 949 g/mol. The molecule has 12 heteroatoms. The second-order valence-electron chi connectivity index (χ2n) is 17.7. The number of carbonyl (C=O) groups is 4. The van der Waals surface area contributed by atoms with E-state index in [1.807, 2.05) is 30.4 Å². The number of hydrogen-bond acceptors (Lipinski definition) is 11. The highest BCUT2D eigenvalue weighted by Gasteiger charge is 2.50. The normalized spacial score (nSPS) is 19.4. The smallest absolute Gasteiger partial charge is 0.335 e. The van der Waals surface area contributed by atoms with Crippen molar-refractivity contribution in [3.8, 4) is 0 Å². The maximum atomic E-state index is 13.1. The number of aliphatic hydroxyl groups excluding tert-OH is 2. The monoisotopic (exact) mass is 1040 g/mol. The van der Waals surface area contributed by atoms with E-state index in [0.29, 0.717) is 25.7 Å². The van der Waals surface area contributed by atoms with Gasteiger partial charge in [0.15, 0.2) is 24.6 Å². The van der Waals surface area contributed by atoms with Crippen LogP contribution in [0.25, 0.3) is 0 Å². The molecule has 0 aromatic rings. The van der Waals surface area contributed by atoms with Crippen LogP contribution < -0.4 is 0 Å². The van der Waals surface area contributed by atoms with E-state index in [4.69, 9.17) is 23.7 Å². The fraction of sp³-hybridized carbons (Fsp3) is 0.524. The van der Waals surface area contributed by atoms with Gasteiger partial charge in [-0.1, -0.05) is 192 Å². The quantitative estimate of drug-likeness (QED) is 0.0228. The van der Waals surface area contributed by atoms with Gasteiger partial charge in [0, 0.05) is 12.8 Å². The van der Waals surface area contributed by atoms with Gasteiger partial charge >= 0.3 is 23.9 Å². The summed E-state index contributed by atoms with van der Waals surface area (Å²) in [7, 11) is 0. The van der Waals surface area contributed by atoms with Crippen LogP contribution in [0.3, 0.4) is 0 Å². The summed E-state index contributed by atoms with van der Waals surface area (Å²) in [4.78, 5) is 50.9. The van der Waals surface area contributed by atoms with Crippen molar-refractivity contribution in [3.05, 3.63) is 158 Å². The van der Waals surface area contributed by atoms with E-state index in [1.165, 1.54) is 0 Å². The molecule has 1 heterocycles. The standard InChI is InChI=1S/C63H92O12/c1-4-7-10-13-16-19-22-25-27-28-30-32-34-37-40-43-46-49-55(64)71-52-54(73-56(65)50-47-44-41-38-35-31-24-21-18-15-12-9-6-3)53-72-63-61(59(68)58(67)60(75-63)62(69)70)74-57(66)51-48-45-42-39-36-33-29-26-23-20-17-14-11-8-5-2/h7-12,16-21,25-27,29-32,35-36,39,41,44-45,48,54,58-61,63,67-68H,4-6,13-15,22-24,28,33-34,37-38,40,42-43,46-47,49-53H2,1-3H3,(H,69,70)/b10-7-,11-8-,12-9-,19-16-,20-17-,21-18-,27-25-,29-26-,32-30-,35-31-,39-36-,44-41-,48-45-. The van der Waals surface area contributed by atoms with Crippen molar-refractivity contribution in [2.24, 2.45) is 0 Å². The number of allylic oxidation sites excluding steroid dienone is 25. The van der Waals surface area contributed by atoms with Gasteiger partial charge in [-0.15, -0.1) is 0 Å². The topological polar surface area (TPSA) is 175 Å². The Hall–Kier alpha value is -5.66. The fourth-order valence-corrected chi connectivity index (χ4v) is 7.03. The third-order valence-electron chi connectivity index (χ3n) is 11.1. The van der Waals surface area contributed by atoms with Gasteiger partial charge in [-0.3, -0.25) is 14.4 Å². The van der Waals surface area contributed by atoms with Gasteiger partial charge in [0.05, 0.1) is 13.0 Å². The van der Waals surface area contributed by atoms with Crippen LogP contribution in [0.4, 0.5) is 0 Å². The first kappa shape index (κ1) is 67.4. The Labute approximate surface area is 450 Å². The van der Waals surface area contributed by atoms with E-state index in [-0.39, 0.29) is 25.9 Å². The summed E-state index contributed by atoms with van der Waals surface area (Å²) in [6.07, 6.45) is 59.8. The van der Waals surface area contributed by atoms with Crippen molar-refractivity contribution in [1.82, 2.24) is 0 Å². The molecule has 0 radical (unpaired) electrons. The van der Waals surface area contributed by atoms with Crippen LogP contribution in [0.1, 0.15) is 162 Å². The van der Waals surface area contributed by atoms with Crippen LogP contribution in [0, 0.1) is 0 Å². The van der Waals surface area contributed by atoms with Crippen LogP contribution in [-0.4, -0.2) is 89.2 Å². The molecule has 6 atom stereocenters. The molecule has 6 unspecified atom stereocenters. The molecule has 0 aromatic heterocycles. The number of carboxylic acid groups (broad SMARTS) is 1. The third-order valence-corrected chi connectivity index (χ3v) is 11.1. The van der Waals surface area contributed by atoms with E-state index in [0.717, 1.165) is 96.3 Å². The van der Waals surface area contributed by atoms with Gasteiger partial charge < -0.3 is 39.0 Å². The van der Waals surface area contributed by atoms with Crippen LogP contribution in [0.5, 0.6) is 0 Å². The molecule has 0 amide bonds. The molecule has 0 aromatic carbocycles. The highest BCUT2D eigenvalue weighted by atomic mass is 16.7. The van der Waals surface area contributed by atoms with E-state index in [1.54, 1.807) is 12.2 Å². The number of unbranched alkanes of at least 4 members (excludes halogenated alkanes) is 4. The summed E-state index contributed by atoms with van der Waals surface area (Å²) in [6.45, 7) is 5.48. The van der Waals surface area contributed by atoms with Crippen molar-refractivity contribution in [3.63, 3.8) is 0 Å². The Morgan fingerprint density at radius 1 is 0.453 bits per heavy atom. The van der Waals surface area contributed by atoms with Crippen LogP contribution in [0.2, 0.25) is 0 Å². The van der Waals surface area contributed by atoms with Gasteiger partial charge in [0.2, 0.25) is 0 Å². The van der Waals surface area contributed by atoms with Gasteiger partial charge in [-0.05, 0) is 109 Å².